The van der Waals surface area contributed by atoms with Gasteiger partial charge in [-0.1, -0.05) is 16.8 Å². The normalized spacial score (nSPS) is 16.6. The van der Waals surface area contributed by atoms with E-state index in [-0.39, 0.29) is 5.25 Å². The first kappa shape index (κ1) is 22.7. The van der Waals surface area contributed by atoms with Crippen LogP contribution in [0.5, 0.6) is 0 Å². The molecule has 0 saturated carbocycles. The van der Waals surface area contributed by atoms with E-state index < -0.39 is 10.8 Å². The second-order valence-electron chi connectivity index (χ2n) is 6.31. The van der Waals surface area contributed by atoms with E-state index in [1.54, 1.807) is 10.9 Å². The highest BCUT2D eigenvalue weighted by Gasteiger charge is 2.30. The molecule has 2 rings (SSSR count). The van der Waals surface area contributed by atoms with Gasteiger partial charge in [-0.2, -0.15) is 0 Å². The average Bonchev–Trinajstić information content (AvgIpc) is 2.95. The van der Waals surface area contributed by atoms with Crippen LogP contribution in [0, 0.1) is 0 Å². The molecule has 1 aliphatic rings. The Morgan fingerprint density at radius 3 is 2.41 bits per heavy atom. The van der Waals surface area contributed by atoms with Crippen LogP contribution < -0.4 is 5.32 Å². The van der Waals surface area contributed by atoms with Crippen molar-refractivity contribution in [2.45, 2.75) is 18.3 Å². The van der Waals surface area contributed by atoms with Gasteiger partial charge in [0.25, 0.3) is 0 Å². The predicted octanol–water partition coefficient (Wildman–Crippen LogP) is -0.237. The molecule has 0 aliphatic carbocycles. The highest BCUT2D eigenvalue weighted by atomic mass is 35.5. The summed E-state index contributed by atoms with van der Waals surface area (Å²) in [6.45, 7) is 7.02. The number of likely N-dealkylation sites (tertiary alicyclic amines) is 1. The monoisotopic (exact) mass is 423 g/mol. The Hall–Kier alpha value is -0.620. The van der Waals surface area contributed by atoms with Crippen LogP contribution >= 0.6 is 11.6 Å². The van der Waals surface area contributed by atoms with Gasteiger partial charge in [0.15, 0.2) is 5.15 Å². The smallest absolute Gasteiger partial charge is 0.151 e. The van der Waals surface area contributed by atoms with Crippen molar-refractivity contribution < 1.29 is 18.4 Å². The number of ether oxygens (including phenoxy) is 3. The standard InChI is InChI=1S/C16H30ClN5O4S/c1-18-3-5-24-7-9-26-10-8-25-6-4-22-16(17)15(19-20-22)13-21-11-14(12-21)27(2)23/h14,18H,3-13H2,1-2H3. The summed E-state index contributed by atoms with van der Waals surface area (Å²) < 4.78 is 29.3. The van der Waals surface area contributed by atoms with Gasteiger partial charge in [0, 0.05) is 43.2 Å². The van der Waals surface area contributed by atoms with Gasteiger partial charge in [0.2, 0.25) is 0 Å². The van der Waals surface area contributed by atoms with Crippen molar-refractivity contribution in [1.82, 2.24) is 25.2 Å². The van der Waals surface area contributed by atoms with Crippen LogP contribution in [-0.4, -0.2) is 102 Å². The van der Waals surface area contributed by atoms with E-state index in [9.17, 15) is 4.21 Å². The van der Waals surface area contributed by atoms with Crippen molar-refractivity contribution in [3.8, 4) is 0 Å². The Morgan fingerprint density at radius 1 is 1.15 bits per heavy atom. The number of nitrogens with one attached hydrogen (secondary N) is 1. The maximum atomic E-state index is 11.4. The summed E-state index contributed by atoms with van der Waals surface area (Å²) in [5, 5.41) is 12.0. The van der Waals surface area contributed by atoms with Crippen molar-refractivity contribution in [2.75, 3.05) is 72.6 Å². The number of likely N-dealkylation sites (N-methyl/N-ethyl adjacent to an activating group) is 1. The molecular weight excluding hydrogens is 394 g/mol. The molecule has 1 fully saturated rings. The molecule has 27 heavy (non-hydrogen) atoms. The number of hydrogen-bond donors (Lipinski definition) is 1. The minimum absolute atomic E-state index is 0.259. The first-order chi connectivity index (χ1) is 13.1. The maximum Gasteiger partial charge on any atom is 0.151 e. The minimum atomic E-state index is -0.766. The molecular formula is C16H30ClN5O4S. The largest absolute Gasteiger partial charge is 0.378 e. The molecule has 0 aromatic carbocycles. The lowest BCUT2D eigenvalue weighted by Crippen LogP contribution is -2.52. The highest BCUT2D eigenvalue weighted by Crippen LogP contribution is 2.20. The molecule has 156 valence electrons. The summed E-state index contributed by atoms with van der Waals surface area (Å²) in [5.41, 5.74) is 0.749. The molecule has 0 radical (unpaired) electrons. The lowest BCUT2D eigenvalue weighted by Gasteiger charge is -2.37. The van der Waals surface area contributed by atoms with Gasteiger partial charge in [0.1, 0.15) is 5.69 Å². The predicted molar refractivity (Wildman–Crippen MR) is 105 cm³/mol. The lowest BCUT2D eigenvalue weighted by molar-refractivity contribution is 0.0135. The Bertz CT molecular complexity index is 571. The first-order valence-electron chi connectivity index (χ1n) is 9.12. The van der Waals surface area contributed by atoms with Crippen molar-refractivity contribution in [2.24, 2.45) is 0 Å². The Labute approximate surface area is 168 Å². The fraction of sp³-hybridized carbons (Fsp3) is 0.875. The molecule has 1 aliphatic heterocycles. The van der Waals surface area contributed by atoms with Gasteiger partial charge in [-0.3, -0.25) is 9.11 Å². The summed E-state index contributed by atoms with van der Waals surface area (Å²) in [6, 6.07) is 0. The summed E-state index contributed by atoms with van der Waals surface area (Å²) in [5.74, 6) is 0. The van der Waals surface area contributed by atoms with Gasteiger partial charge in [0.05, 0.1) is 51.4 Å². The number of nitrogens with zero attached hydrogens (tertiary/aromatic N) is 4. The minimum Gasteiger partial charge on any atom is -0.378 e. The molecule has 0 amide bonds. The third-order valence-corrected chi connectivity index (χ3v) is 5.84. The molecule has 9 nitrogen and oxygen atoms in total. The quantitative estimate of drug-likeness (QED) is 0.387. The van der Waals surface area contributed by atoms with Crippen LogP contribution in [0.4, 0.5) is 0 Å². The van der Waals surface area contributed by atoms with Crippen molar-refractivity contribution in [3.05, 3.63) is 10.8 Å². The van der Waals surface area contributed by atoms with Gasteiger partial charge in [-0.05, 0) is 7.05 Å². The van der Waals surface area contributed by atoms with E-state index in [1.165, 1.54) is 0 Å². The van der Waals surface area contributed by atoms with Crippen LogP contribution in [-0.2, 0) is 38.1 Å². The second-order valence-corrected chi connectivity index (χ2v) is 8.33. The van der Waals surface area contributed by atoms with E-state index in [0.29, 0.717) is 57.9 Å². The van der Waals surface area contributed by atoms with E-state index in [2.05, 4.69) is 20.5 Å². The molecule has 1 unspecified atom stereocenters. The van der Waals surface area contributed by atoms with Crippen LogP contribution in [0.2, 0.25) is 5.15 Å². The first-order valence-corrected chi connectivity index (χ1v) is 11.1. The fourth-order valence-corrected chi connectivity index (χ4v) is 3.58. The van der Waals surface area contributed by atoms with Gasteiger partial charge in [-0.25, -0.2) is 4.68 Å². The Balaban J connectivity index is 1.50. The fourth-order valence-electron chi connectivity index (χ4n) is 2.52. The van der Waals surface area contributed by atoms with E-state index in [0.717, 1.165) is 25.3 Å². The van der Waals surface area contributed by atoms with Crippen molar-refractivity contribution >= 4 is 22.4 Å². The Morgan fingerprint density at radius 2 is 1.78 bits per heavy atom. The second kappa shape index (κ2) is 12.8. The van der Waals surface area contributed by atoms with Gasteiger partial charge in [-0.15, -0.1) is 5.10 Å². The number of hydrogen-bond acceptors (Lipinski definition) is 8. The molecule has 2 heterocycles. The van der Waals surface area contributed by atoms with Crippen LogP contribution in [0.25, 0.3) is 0 Å². The zero-order valence-corrected chi connectivity index (χ0v) is 17.6. The van der Waals surface area contributed by atoms with Gasteiger partial charge >= 0.3 is 0 Å². The summed E-state index contributed by atoms with van der Waals surface area (Å²) in [7, 11) is 1.13. The van der Waals surface area contributed by atoms with Crippen LogP contribution in [0.15, 0.2) is 0 Å². The highest BCUT2D eigenvalue weighted by molar-refractivity contribution is 7.85. The molecule has 0 bridgehead atoms. The van der Waals surface area contributed by atoms with Gasteiger partial charge < -0.3 is 19.5 Å². The molecule has 1 aromatic heterocycles. The van der Waals surface area contributed by atoms with Crippen molar-refractivity contribution in [1.29, 1.82) is 0 Å². The topological polar surface area (TPSA) is 90.7 Å². The number of halogens is 1. The Kier molecular flexibility index (Phi) is 10.7. The molecule has 1 aromatic rings. The molecule has 1 atom stereocenters. The zero-order valence-electron chi connectivity index (χ0n) is 16.1. The van der Waals surface area contributed by atoms with Crippen LogP contribution in [0.3, 0.4) is 0 Å². The number of rotatable bonds is 15. The van der Waals surface area contributed by atoms with Crippen molar-refractivity contribution in [3.63, 3.8) is 0 Å². The number of aromatic nitrogens is 3. The van der Waals surface area contributed by atoms with E-state index in [1.807, 2.05) is 7.05 Å². The molecule has 0 spiro atoms. The van der Waals surface area contributed by atoms with E-state index >= 15 is 0 Å². The van der Waals surface area contributed by atoms with E-state index in [4.69, 9.17) is 25.8 Å². The molecule has 1 saturated heterocycles. The average molecular weight is 424 g/mol. The molecule has 1 N–H and O–H groups in total. The summed E-state index contributed by atoms with van der Waals surface area (Å²) in [6.07, 6.45) is 1.75. The SMILES string of the molecule is CNCCOCCOCCOCCn1nnc(CN2CC(S(C)=O)C2)c1Cl. The summed E-state index contributed by atoms with van der Waals surface area (Å²) in [4.78, 5) is 2.17. The third-order valence-electron chi connectivity index (χ3n) is 4.19. The summed E-state index contributed by atoms with van der Waals surface area (Å²) >= 11 is 6.33. The van der Waals surface area contributed by atoms with Crippen LogP contribution in [0.1, 0.15) is 5.69 Å². The third kappa shape index (κ3) is 8.10. The zero-order chi connectivity index (χ0) is 19.5. The maximum absolute atomic E-state index is 11.4. The lowest BCUT2D eigenvalue weighted by atomic mass is 10.2. The molecule has 11 heteroatoms.